The number of hydrogen-bond donors (Lipinski definition) is 3. The van der Waals surface area contributed by atoms with Gasteiger partial charge in [-0.2, -0.15) is 0 Å². The minimum absolute atomic E-state index is 0.0912. The molecule has 0 saturated carbocycles. The predicted molar refractivity (Wildman–Crippen MR) is 105 cm³/mol. The number of rotatable bonds is 7. The number of hydroxylamine groups is 1. The fourth-order valence-electron chi connectivity index (χ4n) is 3.66. The molecule has 0 spiro atoms. The Labute approximate surface area is 166 Å². The first-order chi connectivity index (χ1) is 13.3. The Hall–Kier alpha value is -2.32. The van der Waals surface area contributed by atoms with Gasteiger partial charge in [0.15, 0.2) is 0 Å². The third-order valence-corrected chi connectivity index (χ3v) is 5.13. The summed E-state index contributed by atoms with van der Waals surface area (Å²) in [4.78, 5) is 28.7. The van der Waals surface area contributed by atoms with Crippen molar-refractivity contribution in [2.75, 3.05) is 31.6 Å². The number of aliphatic hydroxyl groups excluding tert-OH is 1. The molecule has 3 atom stereocenters. The summed E-state index contributed by atoms with van der Waals surface area (Å²) in [7, 11) is 1.63. The summed E-state index contributed by atoms with van der Waals surface area (Å²) < 4.78 is 5.28. The molecule has 1 aliphatic rings. The molecule has 1 fully saturated rings. The maximum Gasteiger partial charge on any atom is 0.272 e. The van der Waals surface area contributed by atoms with Crippen molar-refractivity contribution >= 4 is 17.5 Å². The number of amides is 2. The first-order valence-corrected chi connectivity index (χ1v) is 9.60. The lowest BCUT2D eigenvalue weighted by Gasteiger charge is -2.42. The molecule has 2 amide bonds. The summed E-state index contributed by atoms with van der Waals surface area (Å²) in [5.74, 6) is -1.22. The Kier molecular flexibility index (Phi) is 7.65. The van der Waals surface area contributed by atoms with E-state index in [0.29, 0.717) is 26.1 Å². The van der Waals surface area contributed by atoms with Crippen LogP contribution < -0.4 is 15.1 Å². The number of nitrogens with zero attached hydrogens (tertiary/aromatic N) is 2. The molecule has 1 saturated heterocycles. The Morgan fingerprint density at radius 2 is 2.04 bits per heavy atom. The van der Waals surface area contributed by atoms with E-state index in [0.717, 1.165) is 11.4 Å². The number of methoxy groups -OCH3 is 1. The topological polar surface area (TPSA) is 102 Å². The Morgan fingerprint density at radius 3 is 2.61 bits per heavy atom. The van der Waals surface area contributed by atoms with E-state index in [1.807, 2.05) is 45.0 Å². The largest absolute Gasteiger partial charge is 0.497 e. The molecule has 0 aliphatic carbocycles. The molecule has 0 aromatic heterocycles. The van der Waals surface area contributed by atoms with E-state index in [1.54, 1.807) is 12.0 Å². The van der Waals surface area contributed by atoms with Crippen molar-refractivity contribution in [3.8, 4) is 5.75 Å². The minimum Gasteiger partial charge on any atom is -0.497 e. The molecule has 3 N–H and O–H groups in total. The number of hydrogen-bond acceptors (Lipinski definition) is 6. The highest BCUT2D eigenvalue weighted by molar-refractivity contribution is 5.89. The molecule has 156 valence electrons. The van der Waals surface area contributed by atoms with Crippen LogP contribution in [-0.4, -0.2) is 65.9 Å². The molecule has 1 aromatic carbocycles. The zero-order valence-corrected chi connectivity index (χ0v) is 17.0. The van der Waals surface area contributed by atoms with E-state index in [4.69, 9.17) is 9.94 Å². The van der Waals surface area contributed by atoms with Crippen LogP contribution in [0.2, 0.25) is 0 Å². The number of ether oxygens (including phenoxy) is 1. The standard InChI is InChI=1S/C20H31N3O5/c1-13(2)10-17(18(24)19(25)21-27)20(26)23-9-8-22(12-14(23)3)15-6-5-7-16(11-15)28-4/h5-7,11,13-14,17-18,24,27H,8-10,12H2,1-4H3,(H,21,25)/t14-,17+,18+/m1/s1. The van der Waals surface area contributed by atoms with Gasteiger partial charge in [-0.15, -0.1) is 0 Å². The van der Waals surface area contributed by atoms with Crippen molar-refractivity contribution in [1.29, 1.82) is 0 Å². The van der Waals surface area contributed by atoms with Gasteiger partial charge in [-0.3, -0.25) is 14.8 Å². The van der Waals surface area contributed by atoms with Crippen molar-refractivity contribution < 1.29 is 24.6 Å². The summed E-state index contributed by atoms with van der Waals surface area (Å²) in [6.45, 7) is 7.56. The second-order valence-electron chi connectivity index (χ2n) is 7.69. The van der Waals surface area contributed by atoms with Crippen LogP contribution in [0.4, 0.5) is 5.69 Å². The first kappa shape index (κ1) is 22.0. The molecule has 0 radical (unpaired) electrons. The molecule has 8 nitrogen and oxygen atoms in total. The van der Waals surface area contributed by atoms with Gasteiger partial charge < -0.3 is 19.6 Å². The smallest absolute Gasteiger partial charge is 0.272 e. The van der Waals surface area contributed by atoms with Crippen molar-refractivity contribution in [3.05, 3.63) is 24.3 Å². The van der Waals surface area contributed by atoms with E-state index in [-0.39, 0.29) is 17.9 Å². The van der Waals surface area contributed by atoms with Crippen LogP contribution in [0.1, 0.15) is 27.2 Å². The Morgan fingerprint density at radius 1 is 1.32 bits per heavy atom. The number of carbonyl (C=O) groups is 2. The molecule has 1 aliphatic heterocycles. The molecule has 28 heavy (non-hydrogen) atoms. The quantitative estimate of drug-likeness (QED) is 0.476. The molecular formula is C20H31N3O5. The molecule has 8 heteroatoms. The monoisotopic (exact) mass is 393 g/mol. The van der Waals surface area contributed by atoms with Gasteiger partial charge in [0.05, 0.1) is 13.0 Å². The van der Waals surface area contributed by atoms with E-state index < -0.39 is 17.9 Å². The van der Waals surface area contributed by atoms with Crippen LogP contribution in [0.3, 0.4) is 0 Å². The highest BCUT2D eigenvalue weighted by Crippen LogP contribution is 2.26. The maximum atomic E-state index is 13.1. The summed E-state index contributed by atoms with van der Waals surface area (Å²) in [5.41, 5.74) is 2.47. The zero-order chi connectivity index (χ0) is 20.8. The van der Waals surface area contributed by atoms with Crippen LogP contribution in [0.25, 0.3) is 0 Å². The third-order valence-electron chi connectivity index (χ3n) is 5.13. The van der Waals surface area contributed by atoms with Gasteiger partial charge >= 0.3 is 0 Å². The van der Waals surface area contributed by atoms with Crippen LogP contribution in [0.15, 0.2) is 24.3 Å². The van der Waals surface area contributed by atoms with Gasteiger partial charge in [0, 0.05) is 37.4 Å². The number of aliphatic hydroxyl groups is 1. The molecule has 0 bridgehead atoms. The average Bonchev–Trinajstić information content (AvgIpc) is 2.70. The number of anilines is 1. The highest BCUT2D eigenvalue weighted by atomic mass is 16.5. The first-order valence-electron chi connectivity index (χ1n) is 9.60. The van der Waals surface area contributed by atoms with Gasteiger partial charge in [-0.05, 0) is 31.4 Å². The van der Waals surface area contributed by atoms with Crippen molar-refractivity contribution in [1.82, 2.24) is 10.4 Å². The SMILES string of the molecule is COc1cccc(N2CCN(C(=O)[C@@H](CC(C)C)[C@H](O)C(=O)NO)[C@H](C)C2)c1. The summed E-state index contributed by atoms with van der Waals surface area (Å²) >= 11 is 0. The van der Waals surface area contributed by atoms with Gasteiger partial charge in [0.1, 0.15) is 11.9 Å². The number of carbonyl (C=O) groups excluding carboxylic acids is 2. The van der Waals surface area contributed by atoms with Crippen LogP contribution in [-0.2, 0) is 9.59 Å². The third kappa shape index (κ3) is 5.14. The van der Waals surface area contributed by atoms with E-state index in [2.05, 4.69) is 4.90 Å². The number of nitrogens with one attached hydrogen (secondary N) is 1. The Balaban J connectivity index is 2.12. The second-order valence-corrected chi connectivity index (χ2v) is 7.69. The molecule has 1 aromatic rings. The lowest BCUT2D eigenvalue weighted by molar-refractivity contribution is -0.152. The van der Waals surface area contributed by atoms with Crippen LogP contribution in [0, 0.1) is 11.8 Å². The van der Waals surface area contributed by atoms with E-state index in [1.165, 1.54) is 5.48 Å². The lowest BCUT2D eigenvalue weighted by Crippen LogP contribution is -2.57. The van der Waals surface area contributed by atoms with Crippen LogP contribution in [0.5, 0.6) is 5.75 Å². The fraction of sp³-hybridized carbons (Fsp3) is 0.600. The number of benzene rings is 1. The van der Waals surface area contributed by atoms with Crippen molar-refractivity contribution in [2.24, 2.45) is 11.8 Å². The highest BCUT2D eigenvalue weighted by Gasteiger charge is 2.38. The van der Waals surface area contributed by atoms with E-state index >= 15 is 0 Å². The molecule has 0 unspecified atom stereocenters. The number of piperazine rings is 1. The fourth-order valence-corrected chi connectivity index (χ4v) is 3.66. The normalized spacial score (nSPS) is 19.3. The lowest BCUT2D eigenvalue weighted by atomic mass is 9.89. The van der Waals surface area contributed by atoms with Gasteiger partial charge in [0.25, 0.3) is 5.91 Å². The summed E-state index contributed by atoms with van der Waals surface area (Å²) in [6.07, 6.45) is -1.22. The Bertz CT molecular complexity index is 682. The zero-order valence-electron chi connectivity index (χ0n) is 17.0. The maximum absolute atomic E-state index is 13.1. The van der Waals surface area contributed by atoms with E-state index in [9.17, 15) is 14.7 Å². The predicted octanol–water partition coefficient (Wildman–Crippen LogP) is 1.26. The second kappa shape index (κ2) is 9.75. The summed E-state index contributed by atoms with van der Waals surface area (Å²) in [5, 5.41) is 19.1. The summed E-state index contributed by atoms with van der Waals surface area (Å²) in [6, 6.07) is 7.69. The molecular weight excluding hydrogens is 362 g/mol. The molecule has 2 rings (SSSR count). The van der Waals surface area contributed by atoms with Gasteiger partial charge in [-0.25, -0.2) is 5.48 Å². The van der Waals surface area contributed by atoms with Gasteiger partial charge in [0.2, 0.25) is 5.91 Å². The molecule has 1 heterocycles. The average molecular weight is 393 g/mol. The minimum atomic E-state index is -1.58. The van der Waals surface area contributed by atoms with Crippen molar-refractivity contribution in [3.63, 3.8) is 0 Å². The van der Waals surface area contributed by atoms with Crippen molar-refractivity contribution in [2.45, 2.75) is 39.3 Å². The van der Waals surface area contributed by atoms with Gasteiger partial charge in [-0.1, -0.05) is 19.9 Å². The van der Waals surface area contributed by atoms with Crippen LogP contribution >= 0.6 is 0 Å².